The number of carbonyl (C=O) groups excluding carboxylic acids is 1. The SMILES string of the molecule is CC1CCCN(S(=O)(=O)c2cc(C(=O)NCc3ccccc3)ccc2Cl)C1. The molecular weight excluding hydrogens is 384 g/mol. The fraction of sp³-hybridized carbons (Fsp3) is 0.350. The Morgan fingerprint density at radius 3 is 2.67 bits per heavy atom. The summed E-state index contributed by atoms with van der Waals surface area (Å²) in [6, 6.07) is 13.9. The zero-order valence-corrected chi connectivity index (χ0v) is 16.8. The van der Waals surface area contributed by atoms with E-state index in [1.54, 1.807) is 6.07 Å². The standard InChI is InChI=1S/C20H23ClN2O3S/c1-15-6-5-11-23(14-15)27(25,26)19-12-17(9-10-18(19)21)20(24)22-13-16-7-3-2-4-8-16/h2-4,7-10,12,15H,5-6,11,13-14H2,1H3,(H,22,24). The van der Waals surface area contributed by atoms with Crippen molar-refractivity contribution in [2.75, 3.05) is 13.1 Å². The van der Waals surface area contributed by atoms with Gasteiger partial charge in [-0.25, -0.2) is 8.42 Å². The number of halogens is 1. The Hall–Kier alpha value is -1.89. The molecule has 5 nitrogen and oxygen atoms in total. The Morgan fingerprint density at radius 2 is 1.96 bits per heavy atom. The van der Waals surface area contributed by atoms with E-state index in [1.165, 1.54) is 16.4 Å². The molecule has 7 heteroatoms. The first-order valence-corrected chi connectivity index (χ1v) is 10.8. The van der Waals surface area contributed by atoms with Crippen LogP contribution >= 0.6 is 11.6 Å². The summed E-state index contributed by atoms with van der Waals surface area (Å²) in [6.07, 6.45) is 1.84. The molecule has 3 rings (SSSR count). The summed E-state index contributed by atoms with van der Waals surface area (Å²) in [7, 11) is -3.73. The van der Waals surface area contributed by atoms with Gasteiger partial charge in [0.1, 0.15) is 4.90 Å². The molecule has 2 aromatic rings. The largest absolute Gasteiger partial charge is 0.348 e. The molecule has 0 saturated carbocycles. The van der Waals surface area contributed by atoms with E-state index < -0.39 is 10.0 Å². The van der Waals surface area contributed by atoms with Gasteiger partial charge < -0.3 is 5.32 Å². The molecule has 144 valence electrons. The Labute approximate surface area is 165 Å². The smallest absolute Gasteiger partial charge is 0.251 e. The number of amides is 1. The van der Waals surface area contributed by atoms with Gasteiger partial charge in [-0.15, -0.1) is 0 Å². The predicted octanol–water partition coefficient (Wildman–Crippen LogP) is 3.69. The van der Waals surface area contributed by atoms with E-state index >= 15 is 0 Å². The monoisotopic (exact) mass is 406 g/mol. The maximum atomic E-state index is 13.0. The summed E-state index contributed by atoms with van der Waals surface area (Å²) in [5.41, 5.74) is 1.24. The van der Waals surface area contributed by atoms with E-state index in [9.17, 15) is 13.2 Å². The number of nitrogens with zero attached hydrogens (tertiary/aromatic N) is 1. The Bertz CT molecular complexity index is 916. The van der Waals surface area contributed by atoms with E-state index in [1.807, 2.05) is 37.3 Å². The van der Waals surface area contributed by atoms with Crippen molar-refractivity contribution >= 4 is 27.5 Å². The minimum Gasteiger partial charge on any atom is -0.348 e. The Morgan fingerprint density at radius 1 is 1.22 bits per heavy atom. The average Bonchev–Trinajstić information content (AvgIpc) is 2.67. The summed E-state index contributed by atoms with van der Waals surface area (Å²) in [4.78, 5) is 12.5. The molecule has 0 bridgehead atoms. The number of rotatable bonds is 5. The predicted molar refractivity (Wildman–Crippen MR) is 106 cm³/mol. The van der Waals surface area contributed by atoms with E-state index in [4.69, 9.17) is 11.6 Å². The molecule has 1 unspecified atom stereocenters. The molecule has 1 N–H and O–H groups in total. The summed E-state index contributed by atoms with van der Waals surface area (Å²) in [5.74, 6) is -0.0244. The second kappa shape index (κ2) is 8.42. The van der Waals surface area contributed by atoms with Gasteiger partial charge in [0.2, 0.25) is 10.0 Å². The molecule has 1 heterocycles. The number of hydrogen-bond acceptors (Lipinski definition) is 3. The highest BCUT2D eigenvalue weighted by Gasteiger charge is 2.30. The number of benzene rings is 2. The van der Waals surface area contributed by atoms with Gasteiger partial charge in [0.05, 0.1) is 5.02 Å². The molecule has 0 aliphatic carbocycles. The minimum absolute atomic E-state index is 0.00868. The summed E-state index contributed by atoms with van der Waals surface area (Å²) in [6.45, 7) is 3.36. The fourth-order valence-electron chi connectivity index (χ4n) is 3.23. The first-order valence-electron chi connectivity index (χ1n) is 9.00. The van der Waals surface area contributed by atoms with Crippen molar-refractivity contribution in [3.8, 4) is 0 Å². The number of nitrogens with one attached hydrogen (secondary N) is 1. The maximum Gasteiger partial charge on any atom is 0.251 e. The molecule has 1 saturated heterocycles. The molecule has 0 spiro atoms. The van der Waals surface area contributed by atoms with Crippen molar-refractivity contribution in [1.29, 1.82) is 0 Å². The molecule has 1 fully saturated rings. The van der Waals surface area contributed by atoms with Gasteiger partial charge in [0.15, 0.2) is 0 Å². The first-order chi connectivity index (χ1) is 12.9. The van der Waals surface area contributed by atoms with Crippen molar-refractivity contribution in [2.45, 2.75) is 31.2 Å². The van der Waals surface area contributed by atoms with Gasteiger partial charge in [0, 0.05) is 25.2 Å². The Kier molecular flexibility index (Phi) is 6.19. The van der Waals surface area contributed by atoms with Crippen LogP contribution in [-0.4, -0.2) is 31.7 Å². The summed E-state index contributed by atoms with van der Waals surface area (Å²) in [5, 5.41) is 2.94. The minimum atomic E-state index is -3.73. The van der Waals surface area contributed by atoms with Gasteiger partial charge >= 0.3 is 0 Å². The number of piperidine rings is 1. The van der Waals surface area contributed by atoms with E-state index in [-0.39, 0.29) is 21.4 Å². The highest BCUT2D eigenvalue weighted by molar-refractivity contribution is 7.89. The van der Waals surface area contributed by atoms with Crippen molar-refractivity contribution in [1.82, 2.24) is 9.62 Å². The first kappa shape index (κ1) is 19.9. The highest BCUT2D eigenvalue weighted by Crippen LogP contribution is 2.29. The van der Waals surface area contributed by atoms with E-state index in [0.717, 1.165) is 18.4 Å². The fourth-order valence-corrected chi connectivity index (χ4v) is 5.33. The average molecular weight is 407 g/mol. The molecule has 1 aliphatic heterocycles. The molecule has 1 aliphatic rings. The molecule has 27 heavy (non-hydrogen) atoms. The number of sulfonamides is 1. The lowest BCUT2D eigenvalue weighted by Crippen LogP contribution is -2.39. The second-order valence-corrected chi connectivity index (χ2v) is 9.24. The molecule has 0 radical (unpaired) electrons. The molecular formula is C20H23ClN2O3S. The Balaban J connectivity index is 1.80. The normalized spacial score (nSPS) is 18.2. The van der Waals surface area contributed by atoms with Crippen LogP contribution in [0.5, 0.6) is 0 Å². The molecule has 1 amide bonds. The lowest BCUT2D eigenvalue weighted by atomic mass is 10.0. The van der Waals surface area contributed by atoms with Crippen LogP contribution in [0.3, 0.4) is 0 Å². The van der Waals surface area contributed by atoms with Crippen LogP contribution in [0.4, 0.5) is 0 Å². The van der Waals surface area contributed by atoms with Crippen molar-refractivity contribution in [3.05, 3.63) is 64.7 Å². The van der Waals surface area contributed by atoms with E-state index in [2.05, 4.69) is 5.32 Å². The van der Waals surface area contributed by atoms with Gasteiger partial charge in [-0.2, -0.15) is 4.31 Å². The molecule has 0 aromatic heterocycles. The van der Waals surface area contributed by atoms with Crippen LogP contribution in [-0.2, 0) is 16.6 Å². The van der Waals surface area contributed by atoms with Crippen LogP contribution in [0.25, 0.3) is 0 Å². The molecule has 2 aromatic carbocycles. The summed E-state index contributed by atoms with van der Waals surface area (Å²) >= 11 is 6.18. The molecule has 1 atom stereocenters. The number of hydrogen-bond donors (Lipinski definition) is 1. The highest BCUT2D eigenvalue weighted by atomic mass is 35.5. The zero-order chi connectivity index (χ0) is 19.4. The van der Waals surface area contributed by atoms with Gasteiger partial charge in [0.25, 0.3) is 5.91 Å². The summed E-state index contributed by atoms with van der Waals surface area (Å²) < 4.78 is 27.5. The maximum absolute atomic E-state index is 13.0. The second-order valence-electron chi connectivity index (χ2n) is 6.92. The van der Waals surface area contributed by atoms with Crippen molar-refractivity contribution < 1.29 is 13.2 Å². The van der Waals surface area contributed by atoms with Crippen molar-refractivity contribution in [3.63, 3.8) is 0 Å². The quantitative estimate of drug-likeness (QED) is 0.823. The zero-order valence-electron chi connectivity index (χ0n) is 15.2. The van der Waals surface area contributed by atoms with Gasteiger partial charge in [-0.3, -0.25) is 4.79 Å². The van der Waals surface area contributed by atoms with Crippen LogP contribution in [0.2, 0.25) is 5.02 Å². The number of carbonyl (C=O) groups is 1. The van der Waals surface area contributed by atoms with Crippen LogP contribution in [0, 0.1) is 5.92 Å². The van der Waals surface area contributed by atoms with E-state index in [0.29, 0.717) is 25.6 Å². The van der Waals surface area contributed by atoms with Gasteiger partial charge in [-0.05, 0) is 42.5 Å². The van der Waals surface area contributed by atoms with Crippen molar-refractivity contribution in [2.24, 2.45) is 5.92 Å². The lowest BCUT2D eigenvalue weighted by Gasteiger charge is -2.30. The lowest BCUT2D eigenvalue weighted by molar-refractivity contribution is 0.0950. The third-order valence-corrected chi connectivity index (χ3v) is 7.07. The third kappa shape index (κ3) is 4.69. The topological polar surface area (TPSA) is 66.5 Å². The van der Waals surface area contributed by atoms with Gasteiger partial charge in [-0.1, -0.05) is 48.9 Å². The van der Waals surface area contributed by atoms with Crippen LogP contribution in [0.1, 0.15) is 35.7 Å². The van der Waals surface area contributed by atoms with Crippen LogP contribution < -0.4 is 5.32 Å². The third-order valence-electron chi connectivity index (χ3n) is 4.73. The van der Waals surface area contributed by atoms with Crippen LogP contribution in [0.15, 0.2) is 53.4 Å².